The maximum atomic E-state index is 5.39. The third-order valence-corrected chi connectivity index (χ3v) is 4.17. The molecule has 0 spiro atoms. The first kappa shape index (κ1) is 18.1. The number of aromatic nitrogens is 1. The Morgan fingerprint density at radius 1 is 1.35 bits per heavy atom. The fraction of sp³-hybridized carbons (Fsp3) is 0.471. The number of guanidine groups is 1. The highest BCUT2D eigenvalue weighted by molar-refractivity contribution is 14.0. The third kappa shape index (κ3) is 4.84. The van der Waals surface area contributed by atoms with Gasteiger partial charge in [0.05, 0.1) is 6.61 Å². The van der Waals surface area contributed by atoms with Crippen LogP contribution < -0.4 is 10.6 Å². The van der Waals surface area contributed by atoms with E-state index in [4.69, 9.17) is 4.74 Å². The third-order valence-electron chi connectivity index (χ3n) is 4.17. The molecular weight excluding hydrogens is 403 g/mol. The Kier molecular flexibility index (Phi) is 7.16. The number of ether oxygens (including phenoxy) is 1. The normalized spacial score (nSPS) is 18.0. The van der Waals surface area contributed by atoms with Gasteiger partial charge in [-0.15, -0.1) is 24.0 Å². The number of halogens is 1. The Morgan fingerprint density at radius 2 is 2.22 bits per heavy atom. The number of rotatable bonds is 5. The minimum Gasteiger partial charge on any atom is -0.381 e. The van der Waals surface area contributed by atoms with Gasteiger partial charge in [-0.1, -0.05) is 18.2 Å². The topological polar surface area (TPSA) is 61.4 Å². The Bertz CT molecular complexity index is 634. The molecule has 2 heterocycles. The van der Waals surface area contributed by atoms with Gasteiger partial charge in [-0.25, -0.2) is 0 Å². The minimum atomic E-state index is 0. The van der Waals surface area contributed by atoms with Crippen molar-refractivity contribution in [2.24, 2.45) is 10.9 Å². The maximum Gasteiger partial charge on any atom is 0.190 e. The van der Waals surface area contributed by atoms with E-state index in [-0.39, 0.29) is 24.0 Å². The number of nitrogens with one attached hydrogen (secondary N) is 3. The van der Waals surface area contributed by atoms with E-state index in [1.165, 1.54) is 16.5 Å². The van der Waals surface area contributed by atoms with Crippen molar-refractivity contribution >= 4 is 40.8 Å². The minimum absolute atomic E-state index is 0. The predicted molar refractivity (Wildman–Crippen MR) is 106 cm³/mol. The summed E-state index contributed by atoms with van der Waals surface area (Å²) in [5.41, 5.74) is 2.53. The molecule has 1 aliphatic rings. The molecule has 0 radical (unpaired) electrons. The first-order chi connectivity index (χ1) is 10.9. The Labute approximate surface area is 154 Å². The Hall–Kier alpha value is -1.28. The van der Waals surface area contributed by atoms with Crippen molar-refractivity contribution in [1.29, 1.82) is 0 Å². The van der Waals surface area contributed by atoms with Crippen molar-refractivity contribution < 1.29 is 4.74 Å². The number of para-hydroxylation sites is 1. The highest BCUT2D eigenvalue weighted by Crippen LogP contribution is 2.17. The second-order valence-electron chi connectivity index (χ2n) is 5.72. The fourth-order valence-electron chi connectivity index (χ4n) is 2.86. The zero-order chi connectivity index (χ0) is 15.2. The van der Waals surface area contributed by atoms with E-state index in [1.807, 2.05) is 7.05 Å². The molecule has 1 aliphatic heterocycles. The molecule has 1 aromatic carbocycles. The summed E-state index contributed by atoms with van der Waals surface area (Å²) in [4.78, 5) is 7.59. The van der Waals surface area contributed by atoms with Crippen LogP contribution in [0.2, 0.25) is 0 Å². The second-order valence-corrected chi connectivity index (χ2v) is 5.72. The van der Waals surface area contributed by atoms with Crippen LogP contribution in [0, 0.1) is 5.92 Å². The molecule has 5 nitrogen and oxygen atoms in total. The van der Waals surface area contributed by atoms with Gasteiger partial charge < -0.3 is 20.4 Å². The van der Waals surface area contributed by atoms with Crippen LogP contribution in [0.15, 0.2) is 35.5 Å². The molecule has 6 heteroatoms. The van der Waals surface area contributed by atoms with Crippen LogP contribution in [0.4, 0.5) is 0 Å². The molecule has 1 aromatic heterocycles. The molecule has 126 valence electrons. The van der Waals surface area contributed by atoms with Gasteiger partial charge in [0.15, 0.2) is 5.96 Å². The Morgan fingerprint density at radius 3 is 3.00 bits per heavy atom. The van der Waals surface area contributed by atoms with E-state index in [0.29, 0.717) is 5.92 Å². The summed E-state index contributed by atoms with van der Waals surface area (Å²) in [6.45, 7) is 3.54. The number of hydrogen-bond donors (Lipinski definition) is 3. The van der Waals surface area contributed by atoms with E-state index >= 15 is 0 Å². The first-order valence-corrected chi connectivity index (χ1v) is 7.94. The smallest absolute Gasteiger partial charge is 0.190 e. The van der Waals surface area contributed by atoms with Crippen LogP contribution in [0.5, 0.6) is 0 Å². The van der Waals surface area contributed by atoms with Crippen LogP contribution in [0.1, 0.15) is 12.0 Å². The van der Waals surface area contributed by atoms with Gasteiger partial charge in [0, 0.05) is 49.8 Å². The van der Waals surface area contributed by atoms with Crippen LogP contribution >= 0.6 is 24.0 Å². The molecule has 1 atom stereocenters. The summed E-state index contributed by atoms with van der Waals surface area (Å²) in [7, 11) is 1.81. The monoisotopic (exact) mass is 428 g/mol. The van der Waals surface area contributed by atoms with Gasteiger partial charge in [0.1, 0.15) is 0 Å². The number of nitrogens with zero attached hydrogens (tertiary/aromatic N) is 1. The lowest BCUT2D eigenvalue weighted by Gasteiger charge is -2.14. The van der Waals surface area contributed by atoms with E-state index in [2.05, 4.69) is 51.1 Å². The number of aliphatic imine (C=N–C) groups is 1. The van der Waals surface area contributed by atoms with Gasteiger partial charge >= 0.3 is 0 Å². The van der Waals surface area contributed by atoms with Crippen LogP contribution in [-0.2, 0) is 11.2 Å². The lowest BCUT2D eigenvalue weighted by molar-refractivity contribution is 0.186. The van der Waals surface area contributed by atoms with E-state index in [0.717, 1.165) is 45.1 Å². The van der Waals surface area contributed by atoms with Crippen LogP contribution in [0.25, 0.3) is 10.9 Å². The summed E-state index contributed by atoms with van der Waals surface area (Å²) in [5.74, 6) is 1.47. The molecule has 0 saturated carbocycles. The van der Waals surface area contributed by atoms with E-state index < -0.39 is 0 Å². The second kappa shape index (κ2) is 9.12. The van der Waals surface area contributed by atoms with E-state index in [1.54, 1.807) is 0 Å². The zero-order valence-electron chi connectivity index (χ0n) is 13.5. The largest absolute Gasteiger partial charge is 0.381 e. The number of H-pyrrole nitrogens is 1. The predicted octanol–water partition coefficient (Wildman–Crippen LogP) is 2.53. The molecule has 3 N–H and O–H groups in total. The first-order valence-electron chi connectivity index (χ1n) is 7.94. The van der Waals surface area contributed by atoms with Crippen molar-refractivity contribution in [2.75, 3.05) is 33.4 Å². The summed E-state index contributed by atoms with van der Waals surface area (Å²) >= 11 is 0. The van der Waals surface area contributed by atoms with Crippen molar-refractivity contribution in [3.63, 3.8) is 0 Å². The quantitative estimate of drug-likeness (QED) is 0.390. The lowest BCUT2D eigenvalue weighted by Crippen LogP contribution is -2.40. The van der Waals surface area contributed by atoms with Gasteiger partial charge in [0.25, 0.3) is 0 Å². The highest BCUT2D eigenvalue weighted by Gasteiger charge is 2.15. The fourth-order valence-corrected chi connectivity index (χ4v) is 2.86. The maximum absolute atomic E-state index is 5.39. The number of benzene rings is 1. The number of hydrogen-bond acceptors (Lipinski definition) is 2. The van der Waals surface area contributed by atoms with Crippen molar-refractivity contribution in [2.45, 2.75) is 12.8 Å². The van der Waals surface area contributed by atoms with Crippen molar-refractivity contribution in [3.05, 3.63) is 36.0 Å². The standard InChI is InChI=1S/C17H24N4O.HI/c1-18-17(21-10-13-7-9-22-12-13)19-8-6-14-11-20-16-5-3-2-4-15(14)16;/h2-5,11,13,20H,6-10,12H2,1H3,(H2,18,19,21);1H. The molecule has 0 amide bonds. The average Bonchev–Trinajstić information content (AvgIpc) is 3.20. The van der Waals surface area contributed by atoms with Crippen molar-refractivity contribution in [3.8, 4) is 0 Å². The van der Waals surface area contributed by atoms with Crippen LogP contribution in [0.3, 0.4) is 0 Å². The molecule has 0 bridgehead atoms. The molecule has 0 aliphatic carbocycles. The summed E-state index contributed by atoms with van der Waals surface area (Å²) < 4.78 is 5.39. The average molecular weight is 428 g/mol. The van der Waals surface area contributed by atoms with Gasteiger partial charge in [-0.3, -0.25) is 4.99 Å². The van der Waals surface area contributed by atoms with Crippen molar-refractivity contribution in [1.82, 2.24) is 15.6 Å². The number of aromatic amines is 1. The van der Waals surface area contributed by atoms with Crippen LogP contribution in [-0.4, -0.2) is 44.3 Å². The summed E-state index contributed by atoms with van der Waals surface area (Å²) in [6, 6.07) is 8.40. The molecule has 1 saturated heterocycles. The molecule has 3 rings (SSSR count). The summed E-state index contributed by atoms with van der Waals surface area (Å²) in [5, 5.41) is 8.06. The molecule has 1 fully saturated rings. The molecular formula is C17H25IN4O. The van der Waals surface area contributed by atoms with Gasteiger partial charge in [-0.05, 0) is 24.5 Å². The molecule has 1 unspecified atom stereocenters. The SMILES string of the molecule is CN=C(NCCc1c[nH]c2ccccc12)NCC1CCOC1.I. The van der Waals surface area contributed by atoms with E-state index in [9.17, 15) is 0 Å². The highest BCUT2D eigenvalue weighted by atomic mass is 127. The lowest BCUT2D eigenvalue weighted by atomic mass is 10.1. The Balaban J connectivity index is 0.00000192. The summed E-state index contributed by atoms with van der Waals surface area (Å²) in [6.07, 6.45) is 4.20. The molecule has 2 aromatic rings. The number of fused-ring (bicyclic) bond motifs is 1. The molecule has 23 heavy (non-hydrogen) atoms. The van der Waals surface area contributed by atoms with Gasteiger partial charge in [0.2, 0.25) is 0 Å². The van der Waals surface area contributed by atoms with Gasteiger partial charge in [-0.2, -0.15) is 0 Å². The zero-order valence-corrected chi connectivity index (χ0v) is 15.8.